The average molecular weight is 498 g/mol. The Morgan fingerprint density at radius 3 is 2.69 bits per heavy atom. The lowest BCUT2D eigenvalue weighted by atomic mass is 9.52. The predicted molar refractivity (Wildman–Crippen MR) is 134 cm³/mol. The first kappa shape index (κ1) is 23.0. The number of aliphatic hydroxyl groups is 1. The molecule has 4 aliphatic carbocycles. The van der Waals surface area contributed by atoms with Gasteiger partial charge in [-0.25, -0.2) is 0 Å². The molecule has 188 valence electrons. The van der Waals surface area contributed by atoms with Gasteiger partial charge in [-0.3, -0.25) is 14.3 Å². The number of anilines is 1. The predicted octanol–water partition coefficient (Wildman–Crippen LogP) is 2.40. The molecule has 9 heteroatoms. The van der Waals surface area contributed by atoms with Gasteiger partial charge in [0.15, 0.2) is 5.69 Å². The molecule has 2 amide bonds. The monoisotopic (exact) mass is 497 g/mol. The molecule has 0 aromatic carbocycles. The van der Waals surface area contributed by atoms with Gasteiger partial charge < -0.3 is 20.6 Å². The zero-order valence-electron chi connectivity index (χ0n) is 20.5. The molecule has 2 aromatic rings. The summed E-state index contributed by atoms with van der Waals surface area (Å²) in [5.74, 6) is 2.26. The largest absolute Gasteiger partial charge is 0.390 e. The third kappa shape index (κ3) is 4.27. The molecule has 8 nitrogen and oxygen atoms in total. The van der Waals surface area contributed by atoms with E-state index in [1.165, 1.54) is 0 Å². The fourth-order valence-corrected chi connectivity index (χ4v) is 8.34. The highest BCUT2D eigenvalue weighted by Crippen LogP contribution is 2.55. The van der Waals surface area contributed by atoms with Crippen LogP contribution in [0.5, 0.6) is 0 Å². The number of hydrogen-bond acceptors (Lipinski definition) is 6. The van der Waals surface area contributed by atoms with Crippen LogP contribution >= 0.6 is 11.3 Å². The van der Waals surface area contributed by atoms with E-state index >= 15 is 0 Å². The summed E-state index contributed by atoms with van der Waals surface area (Å²) in [4.78, 5) is 29.1. The van der Waals surface area contributed by atoms with Gasteiger partial charge in [0.25, 0.3) is 5.91 Å². The van der Waals surface area contributed by atoms with Crippen LogP contribution < -0.4 is 15.5 Å². The van der Waals surface area contributed by atoms with Crippen molar-refractivity contribution >= 4 is 29.0 Å². The number of nitrogens with one attached hydrogen (secondary N) is 2. The van der Waals surface area contributed by atoms with Crippen molar-refractivity contribution in [3.05, 3.63) is 33.6 Å². The Morgan fingerprint density at radius 1 is 1.23 bits per heavy atom. The zero-order chi connectivity index (χ0) is 24.3. The number of carbonyl (C=O) groups excluding carboxylic acids is 2. The van der Waals surface area contributed by atoms with Crippen LogP contribution in [-0.4, -0.2) is 57.5 Å². The van der Waals surface area contributed by atoms with Gasteiger partial charge in [0.2, 0.25) is 5.91 Å². The number of amides is 2. The lowest BCUT2D eigenvalue weighted by molar-refractivity contribution is -0.137. The molecule has 7 rings (SSSR count). The summed E-state index contributed by atoms with van der Waals surface area (Å²) < 4.78 is 1.81. The molecular weight excluding hydrogens is 462 g/mol. The van der Waals surface area contributed by atoms with Crippen molar-refractivity contribution in [2.75, 3.05) is 18.0 Å². The molecule has 1 saturated heterocycles. The van der Waals surface area contributed by atoms with E-state index in [4.69, 9.17) is 0 Å². The lowest BCUT2D eigenvalue weighted by Crippen LogP contribution is -2.61. The van der Waals surface area contributed by atoms with Gasteiger partial charge >= 0.3 is 0 Å². The van der Waals surface area contributed by atoms with Gasteiger partial charge in [0.05, 0.1) is 12.0 Å². The third-order valence-corrected chi connectivity index (χ3v) is 9.64. The average Bonchev–Trinajstić information content (AvgIpc) is 3.51. The second kappa shape index (κ2) is 8.62. The first-order valence-corrected chi connectivity index (χ1v) is 13.8. The lowest BCUT2D eigenvalue weighted by Gasteiger charge is -2.58. The molecule has 3 heterocycles. The minimum atomic E-state index is -0.503. The summed E-state index contributed by atoms with van der Waals surface area (Å²) in [7, 11) is 1.89. The van der Waals surface area contributed by atoms with Crippen molar-refractivity contribution in [3.63, 3.8) is 0 Å². The molecular formula is C26H35N5O3S. The quantitative estimate of drug-likeness (QED) is 0.569. The van der Waals surface area contributed by atoms with Crippen molar-refractivity contribution in [2.24, 2.45) is 24.8 Å². The van der Waals surface area contributed by atoms with Gasteiger partial charge in [-0.15, -0.1) is 11.3 Å². The number of aromatic nitrogens is 2. The van der Waals surface area contributed by atoms with Crippen LogP contribution in [0.15, 0.2) is 17.5 Å². The normalized spacial score (nSPS) is 33.3. The minimum absolute atomic E-state index is 0.0569. The van der Waals surface area contributed by atoms with Crippen LogP contribution in [0.4, 0.5) is 5.82 Å². The van der Waals surface area contributed by atoms with Crippen molar-refractivity contribution in [2.45, 2.75) is 69.6 Å². The highest BCUT2D eigenvalue weighted by molar-refractivity contribution is 7.10. The second-order valence-corrected chi connectivity index (χ2v) is 12.4. The van der Waals surface area contributed by atoms with Crippen LogP contribution in [0, 0.1) is 24.7 Å². The Kier molecular flexibility index (Phi) is 5.67. The Bertz CT molecular complexity index is 1110. The van der Waals surface area contributed by atoms with E-state index < -0.39 is 5.60 Å². The topological polar surface area (TPSA) is 99.5 Å². The molecule has 4 bridgehead atoms. The van der Waals surface area contributed by atoms with Crippen molar-refractivity contribution in [1.29, 1.82) is 0 Å². The SMILES string of the molecule is Cc1c(C(=O)NC2C3CC4CC2CC(O)(C4)C3)nn(C)c1N1CC[C@H](NC(=O)Cc2cccs2)C1. The number of hydrogen-bond donors (Lipinski definition) is 3. The van der Waals surface area contributed by atoms with Crippen LogP contribution in [0.3, 0.4) is 0 Å². The number of rotatable bonds is 6. The number of aryl methyl sites for hydroxylation is 1. The molecule has 0 radical (unpaired) electrons. The zero-order valence-corrected chi connectivity index (χ0v) is 21.3. The fourth-order valence-electron chi connectivity index (χ4n) is 7.64. The standard InChI is InChI=1S/C26H35N5O3S/c1-15-22(24(33)28-23-17-8-16-9-18(23)13-26(34,11-16)12-17)29-30(2)25(15)31-6-5-19(14-31)27-21(32)10-20-4-3-7-35-20/h3-4,7,16-19,23,34H,5-6,8-14H2,1-2H3,(H,27,32)(H,28,33)/t16?,17?,18?,19-,23?,26?/m0/s1. The van der Waals surface area contributed by atoms with E-state index in [0.717, 1.165) is 61.3 Å². The maximum Gasteiger partial charge on any atom is 0.272 e. The molecule has 2 unspecified atom stereocenters. The van der Waals surface area contributed by atoms with Gasteiger partial charge in [-0.2, -0.15) is 5.10 Å². The third-order valence-electron chi connectivity index (χ3n) is 8.77. The van der Waals surface area contributed by atoms with E-state index in [2.05, 4.69) is 20.6 Å². The second-order valence-electron chi connectivity index (χ2n) is 11.4. The van der Waals surface area contributed by atoms with Crippen LogP contribution in [0.1, 0.15) is 59.5 Å². The first-order chi connectivity index (χ1) is 16.8. The molecule has 3 N–H and O–H groups in total. The van der Waals surface area contributed by atoms with E-state index in [-0.39, 0.29) is 23.9 Å². The fraction of sp³-hybridized carbons (Fsp3) is 0.654. The Balaban J connectivity index is 1.10. The van der Waals surface area contributed by atoms with Crippen LogP contribution in [-0.2, 0) is 18.3 Å². The van der Waals surface area contributed by atoms with Crippen molar-refractivity contribution < 1.29 is 14.7 Å². The van der Waals surface area contributed by atoms with E-state index in [1.807, 2.05) is 31.5 Å². The maximum absolute atomic E-state index is 13.4. The minimum Gasteiger partial charge on any atom is -0.390 e. The molecule has 35 heavy (non-hydrogen) atoms. The summed E-state index contributed by atoms with van der Waals surface area (Å²) >= 11 is 1.60. The highest BCUT2D eigenvalue weighted by atomic mass is 32.1. The Hall–Kier alpha value is -2.39. The van der Waals surface area contributed by atoms with E-state index in [1.54, 1.807) is 16.0 Å². The molecule has 0 spiro atoms. The molecule has 5 fully saturated rings. The summed E-state index contributed by atoms with van der Waals surface area (Å²) in [6, 6.07) is 4.18. The number of nitrogens with zero attached hydrogens (tertiary/aromatic N) is 3. The molecule has 1 aliphatic heterocycles. The van der Waals surface area contributed by atoms with Crippen molar-refractivity contribution in [1.82, 2.24) is 20.4 Å². The Morgan fingerprint density at radius 2 is 2.00 bits per heavy atom. The van der Waals surface area contributed by atoms with Gasteiger partial charge in [-0.05, 0) is 74.6 Å². The van der Waals surface area contributed by atoms with Crippen LogP contribution in [0.25, 0.3) is 0 Å². The smallest absolute Gasteiger partial charge is 0.272 e. The molecule has 5 aliphatic rings. The highest BCUT2D eigenvalue weighted by Gasteiger charge is 2.55. The van der Waals surface area contributed by atoms with E-state index in [9.17, 15) is 14.7 Å². The van der Waals surface area contributed by atoms with Gasteiger partial charge in [0, 0.05) is 42.7 Å². The maximum atomic E-state index is 13.4. The summed E-state index contributed by atoms with van der Waals surface area (Å²) in [6.07, 6.45) is 6.08. The van der Waals surface area contributed by atoms with Crippen LogP contribution in [0.2, 0.25) is 0 Å². The van der Waals surface area contributed by atoms with Gasteiger partial charge in [-0.1, -0.05) is 6.07 Å². The van der Waals surface area contributed by atoms with Gasteiger partial charge in [0.1, 0.15) is 5.82 Å². The summed E-state index contributed by atoms with van der Waals surface area (Å²) in [5.41, 5.74) is 0.871. The number of thiophene rings is 1. The number of carbonyl (C=O) groups is 2. The molecule has 2 aromatic heterocycles. The summed E-state index contributed by atoms with van der Waals surface area (Å²) in [5, 5.41) is 24.0. The van der Waals surface area contributed by atoms with E-state index in [0.29, 0.717) is 36.4 Å². The molecule has 3 atom stereocenters. The molecule has 4 saturated carbocycles. The first-order valence-electron chi connectivity index (χ1n) is 12.9. The van der Waals surface area contributed by atoms with Crippen molar-refractivity contribution in [3.8, 4) is 0 Å². The Labute approximate surface area is 210 Å². The summed E-state index contributed by atoms with van der Waals surface area (Å²) in [6.45, 7) is 3.50.